The second-order valence-electron chi connectivity index (χ2n) is 4.43. The van der Waals surface area contributed by atoms with Gasteiger partial charge in [0.25, 0.3) is 11.5 Å². The zero-order valence-corrected chi connectivity index (χ0v) is 12.4. The molecular weight excluding hydrogens is 274 g/mol. The molecule has 0 aliphatic rings. The minimum atomic E-state index is -0.238. The summed E-state index contributed by atoms with van der Waals surface area (Å²) in [6, 6.07) is 7.04. The molecule has 0 atom stereocenters. The Balaban J connectivity index is 2.32. The lowest BCUT2D eigenvalue weighted by atomic mass is 10.1. The lowest BCUT2D eigenvalue weighted by Gasteiger charge is -2.08. The molecule has 1 aromatic carbocycles. The second kappa shape index (κ2) is 6.56. The van der Waals surface area contributed by atoms with E-state index in [-0.39, 0.29) is 11.5 Å². The van der Waals surface area contributed by atoms with E-state index in [1.54, 1.807) is 43.1 Å². The minimum Gasteiger partial charge on any atom is -0.351 e. The van der Waals surface area contributed by atoms with Crippen molar-refractivity contribution < 1.29 is 4.79 Å². The van der Waals surface area contributed by atoms with Gasteiger partial charge >= 0.3 is 0 Å². The maximum absolute atomic E-state index is 12.2. The Bertz CT molecular complexity index is 682. The molecule has 20 heavy (non-hydrogen) atoms. The summed E-state index contributed by atoms with van der Waals surface area (Å²) in [5, 5.41) is 8.04. The standard InChI is InChI=1S/C14H17N3O2S/c1-17-14(19)11-7-4-3-6-10(11)12(16-17)13(18)15-8-5-9-20-2/h3-4,6-7H,5,8-9H2,1-2H3,(H,15,18). The fourth-order valence-corrected chi connectivity index (χ4v) is 2.40. The topological polar surface area (TPSA) is 64.0 Å². The van der Waals surface area contributed by atoms with Crippen LogP contribution in [-0.2, 0) is 7.05 Å². The number of benzene rings is 1. The minimum absolute atomic E-state index is 0.195. The molecule has 0 spiro atoms. The SMILES string of the molecule is CSCCCNC(=O)c1nn(C)c(=O)c2ccccc12. The molecule has 0 saturated carbocycles. The highest BCUT2D eigenvalue weighted by Gasteiger charge is 2.14. The van der Waals surface area contributed by atoms with Crippen LogP contribution < -0.4 is 10.9 Å². The van der Waals surface area contributed by atoms with Crippen molar-refractivity contribution in [3.05, 3.63) is 40.3 Å². The molecule has 2 aromatic rings. The van der Waals surface area contributed by atoms with E-state index in [1.807, 2.05) is 6.26 Å². The molecule has 0 bridgehead atoms. The Labute approximate surface area is 121 Å². The Hall–Kier alpha value is -1.82. The number of thioether (sulfide) groups is 1. The van der Waals surface area contributed by atoms with Gasteiger partial charge in [-0.1, -0.05) is 18.2 Å². The summed E-state index contributed by atoms with van der Waals surface area (Å²) in [4.78, 5) is 24.2. The molecule has 1 amide bonds. The van der Waals surface area contributed by atoms with Gasteiger partial charge in [-0.05, 0) is 24.5 Å². The highest BCUT2D eigenvalue weighted by molar-refractivity contribution is 7.98. The summed E-state index contributed by atoms with van der Waals surface area (Å²) in [6.07, 6.45) is 2.94. The summed E-state index contributed by atoms with van der Waals surface area (Å²) in [6.45, 7) is 0.610. The highest BCUT2D eigenvalue weighted by atomic mass is 32.2. The number of carbonyl (C=O) groups excluding carboxylic acids is 1. The van der Waals surface area contributed by atoms with Crippen LogP contribution in [-0.4, -0.2) is 34.2 Å². The van der Waals surface area contributed by atoms with E-state index >= 15 is 0 Å². The first-order valence-electron chi connectivity index (χ1n) is 6.38. The molecule has 0 saturated heterocycles. The Morgan fingerprint density at radius 1 is 1.35 bits per heavy atom. The quantitative estimate of drug-likeness (QED) is 0.846. The van der Waals surface area contributed by atoms with Crippen LogP contribution >= 0.6 is 11.8 Å². The monoisotopic (exact) mass is 291 g/mol. The van der Waals surface area contributed by atoms with Crippen molar-refractivity contribution in [2.45, 2.75) is 6.42 Å². The van der Waals surface area contributed by atoms with Crippen LogP contribution in [0.15, 0.2) is 29.1 Å². The van der Waals surface area contributed by atoms with Gasteiger partial charge < -0.3 is 5.32 Å². The Morgan fingerprint density at radius 2 is 2.05 bits per heavy atom. The van der Waals surface area contributed by atoms with Crippen molar-refractivity contribution in [3.63, 3.8) is 0 Å². The lowest BCUT2D eigenvalue weighted by molar-refractivity contribution is 0.0948. The van der Waals surface area contributed by atoms with E-state index in [0.29, 0.717) is 23.0 Å². The van der Waals surface area contributed by atoms with Crippen LogP contribution in [0.2, 0.25) is 0 Å². The van der Waals surface area contributed by atoms with Crippen LogP contribution in [0.5, 0.6) is 0 Å². The third kappa shape index (κ3) is 3.01. The zero-order valence-electron chi connectivity index (χ0n) is 11.5. The normalized spacial score (nSPS) is 10.7. The van der Waals surface area contributed by atoms with E-state index in [9.17, 15) is 9.59 Å². The number of fused-ring (bicyclic) bond motifs is 1. The van der Waals surface area contributed by atoms with Crippen LogP contribution in [0.4, 0.5) is 0 Å². The molecule has 0 fully saturated rings. The van der Waals surface area contributed by atoms with Crippen LogP contribution in [0.1, 0.15) is 16.9 Å². The van der Waals surface area contributed by atoms with Gasteiger partial charge in [0, 0.05) is 19.0 Å². The first kappa shape index (κ1) is 14.6. The number of nitrogens with zero attached hydrogens (tertiary/aromatic N) is 2. The fourth-order valence-electron chi connectivity index (χ4n) is 1.97. The van der Waals surface area contributed by atoms with Crippen molar-refractivity contribution >= 4 is 28.4 Å². The number of aryl methyl sites for hydroxylation is 1. The third-order valence-corrected chi connectivity index (χ3v) is 3.68. The number of nitrogens with one attached hydrogen (secondary N) is 1. The molecule has 0 unspecified atom stereocenters. The highest BCUT2D eigenvalue weighted by Crippen LogP contribution is 2.12. The van der Waals surface area contributed by atoms with Gasteiger partial charge in [-0.15, -0.1) is 0 Å². The average Bonchev–Trinajstić information content (AvgIpc) is 2.47. The van der Waals surface area contributed by atoms with Crippen LogP contribution in [0.3, 0.4) is 0 Å². The van der Waals surface area contributed by atoms with Crippen LogP contribution in [0.25, 0.3) is 10.8 Å². The maximum Gasteiger partial charge on any atom is 0.274 e. The number of rotatable bonds is 5. The Morgan fingerprint density at radius 3 is 2.75 bits per heavy atom. The van der Waals surface area contributed by atoms with E-state index in [1.165, 1.54) is 4.68 Å². The van der Waals surface area contributed by atoms with E-state index < -0.39 is 0 Å². The van der Waals surface area contributed by atoms with Gasteiger partial charge in [-0.25, -0.2) is 4.68 Å². The van der Waals surface area contributed by atoms with Crippen molar-refractivity contribution in [3.8, 4) is 0 Å². The largest absolute Gasteiger partial charge is 0.351 e. The summed E-state index contributed by atoms with van der Waals surface area (Å²) < 4.78 is 1.21. The predicted molar refractivity (Wildman–Crippen MR) is 82.3 cm³/mol. The molecule has 1 aromatic heterocycles. The number of hydrogen-bond acceptors (Lipinski definition) is 4. The summed E-state index contributed by atoms with van der Waals surface area (Å²) in [5.74, 6) is 0.764. The van der Waals surface area contributed by atoms with E-state index in [0.717, 1.165) is 12.2 Å². The van der Waals surface area contributed by atoms with Gasteiger partial charge in [-0.3, -0.25) is 9.59 Å². The molecule has 106 valence electrons. The molecular formula is C14H17N3O2S. The molecule has 2 rings (SSSR count). The molecule has 6 heteroatoms. The molecule has 0 aliphatic heterocycles. The molecule has 0 aliphatic carbocycles. The molecule has 5 nitrogen and oxygen atoms in total. The average molecular weight is 291 g/mol. The van der Waals surface area contributed by atoms with E-state index in [4.69, 9.17) is 0 Å². The van der Waals surface area contributed by atoms with Gasteiger partial charge in [0.15, 0.2) is 5.69 Å². The predicted octanol–water partition coefficient (Wildman–Crippen LogP) is 1.42. The molecule has 0 radical (unpaired) electrons. The summed E-state index contributed by atoms with van der Waals surface area (Å²) in [5.41, 5.74) is 0.103. The fraction of sp³-hybridized carbons (Fsp3) is 0.357. The second-order valence-corrected chi connectivity index (χ2v) is 5.41. The summed E-state index contributed by atoms with van der Waals surface area (Å²) >= 11 is 1.74. The van der Waals surface area contributed by atoms with Crippen molar-refractivity contribution in [2.24, 2.45) is 7.05 Å². The smallest absolute Gasteiger partial charge is 0.274 e. The van der Waals surface area contributed by atoms with Gasteiger partial charge in [0.2, 0.25) is 0 Å². The maximum atomic E-state index is 12.2. The van der Waals surface area contributed by atoms with Crippen molar-refractivity contribution in [2.75, 3.05) is 18.6 Å². The first-order chi connectivity index (χ1) is 9.65. The van der Waals surface area contributed by atoms with Gasteiger partial charge in [0.05, 0.1) is 5.39 Å². The number of carbonyl (C=O) groups is 1. The lowest BCUT2D eigenvalue weighted by Crippen LogP contribution is -2.30. The number of aromatic nitrogens is 2. The first-order valence-corrected chi connectivity index (χ1v) is 7.77. The molecule has 1 N–H and O–H groups in total. The Kier molecular flexibility index (Phi) is 4.79. The van der Waals surface area contributed by atoms with Gasteiger partial charge in [-0.2, -0.15) is 16.9 Å². The zero-order chi connectivity index (χ0) is 14.5. The number of hydrogen-bond donors (Lipinski definition) is 1. The van der Waals surface area contributed by atoms with Crippen LogP contribution in [0, 0.1) is 0 Å². The third-order valence-electron chi connectivity index (χ3n) is 2.98. The number of amides is 1. The van der Waals surface area contributed by atoms with Gasteiger partial charge in [0.1, 0.15) is 0 Å². The molecule has 1 heterocycles. The van der Waals surface area contributed by atoms with Crippen molar-refractivity contribution in [1.82, 2.24) is 15.1 Å². The summed E-state index contributed by atoms with van der Waals surface area (Å²) in [7, 11) is 1.55. The van der Waals surface area contributed by atoms with Crippen molar-refractivity contribution in [1.29, 1.82) is 0 Å². The van der Waals surface area contributed by atoms with E-state index in [2.05, 4.69) is 10.4 Å².